The van der Waals surface area contributed by atoms with Crippen molar-refractivity contribution >= 4 is 38.2 Å². The molecule has 1 aromatic carbocycles. The lowest BCUT2D eigenvalue weighted by Gasteiger charge is -2.04. The molecule has 0 N–H and O–H groups in total. The van der Waals surface area contributed by atoms with Gasteiger partial charge in [0.25, 0.3) is 0 Å². The third kappa shape index (κ3) is 2.05. The molecule has 0 aliphatic heterocycles. The van der Waals surface area contributed by atoms with E-state index in [0.717, 1.165) is 6.54 Å². The summed E-state index contributed by atoms with van der Waals surface area (Å²) in [6.07, 6.45) is 2.17. The molecule has 0 amide bonds. The van der Waals surface area contributed by atoms with Gasteiger partial charge in [0.1, 0.15) is 0 Å². The van der Waals surface area contributed by atoms with Gasteiger partial charge in [-0.15, -0.1) is 11.3 Å². The quantitative estimate of drug-likeness (QED) is 0.639. The molecule has 2 aromatic heterocycles. The summed E-state index contributed by atoms with van der Waals surface area (Å²) in [4.78, 5) is 1.37. The summed E-state index contributed by atoms with van der Waals surface area (Å²) >= 11 is 5.30. The fourth-order valence-corrected chi connectivity index (χ4v) is 3.60. The largest absolute Gasteiger partial charge is 0.342 e. The van der Waals surface area contributed by atoms with E-state index in [1.54, 1.807) is 11.3 Å². The number of aryl methyl sites for hydroxylation is 1. The molecule has 3 rings (SSSR count). The summed E-state index contributed by atoms with van der Waals surface area (Å²) in [5.74, 6) is 0. The van der Waals surface area contributed by atoms with Crippen molar-refractivity contribution in [1.29, 1.82) is 0 Å². The van der Waals surface area contributed by atoms with Gasteiger partial charge in [0.15, 0.2) is 0 Å². The van der Waals surface area contributed by atoms with Crippen molar-refractivity contribution in [2.45, 2.75) is 13.5 Å². The number of hydrogen-bond donors (Lipinski definition) is 0. The summed E-state index contributed by atoms with van der Waals surface area (Å²) in [5, 5.41) is 1.35. The van der Waals surface area contributed by atoms with E-state index >= 15 is 0 Å². The van der Waals surface area contributed by atoms with Gasteiger partial charge in [-0.25, -0.2) is 0 Å². The molecule has 0 bridgehead atoms. The van der Waals surface area contributed by atoms with Crippen LogP contribution < -0.4 is 0 Å². The summed E-state index contributed by atoms with van der Waals surface area (Å²) < 4.78 is 3.50. The summed E-state index contributed by atoms with van der Waals surface area (Å²) in [7, 11) is 0. The molecule has 0 aliphatic carbocycles. The zero-order valence-corrected chi connectivity index (χ0v) is 11.9. The molecule has 3 heteroatoms. The molecule has 0 fully saturated rings. The first-order valence-corrected chi connectivity index (χ1v) is 7.14. The topological polar surface area (TPSA) is 4.93 Å². The molecule has 0 unspecified atom stereocenters. The summed E-state index contributed by atoms with van der Waals surface area (Å²) in [6, 6.07) is 13.0. The zero-order valence-electron chi connectivity index (χ0n) is 9.48. The van der Waals surface area contributed by atoms with Gasteiger partial charge in [0.2, 0.25) is 0 Å². The first-order chi connectivity index (χ1) is 8.24. The Labute approximate surface area is 113 Å². The minimum absolute atomic E-state index is 0.948. The molecule has 1 nitrogen and oxygen atoms in total. The Balaban J connectivity index is 2.04. The van der Waals surface area contributed by atoms with Crippen molar-refractivity contribution in [2.75, 3.05) is 0 Å². The minimum atomic E-state index is 0.948. The molecule has 0 spiro atoms. The highest BCUT2D eigenvalue weighted by molar-refractivity contribution is 9.11. The van der Waals surface area contributed by atoms with Gasteiger partial charge in [0.05, 0.1) is 10.3 Å². The molecule has 17 heavy (non-hydrogen) atoms. The standard InChI is InChI=1S/C14H12BrNS/c1-10-3-2-4-13-12(10)7-8-16(13)9-11-5-6-14(15)17-11/h2-8H,9H2,1H3. The number of thiophene rings is 1. The van der Waals surface area contributed by atoms with E-state index in [2.05, 4.69) is 70.0 Å². The van der Waals surface area contributed by atoms with Crippen molar-refractivity contribution in [3.63, 3.8) is 0 Å². The fraction of sp³-hybridized carbons (Fsp3) is 0.143. The number of fused-ring (bicyclic) bond motifs is 1. The smallest absolute Gasteiger partial charge is 0.0702 e. The van der Waals surface area contributed by atoms with Crippen LogP contribution in [0.1, 0.15) is 10.4 Å². The summed E-state index contributed by atoms with van der Waals surface area (Å²) in [6.45, 7) is 3.11. The van der Waals surface area contributed by atoms with Gasteiger partial charge in [-0.2, -0.15) is 0 Å². The van der Waals surface area contributed by atoms with E-state index in [-0.39, 0.29) is 0 Å². The van der Waals surface area contributed by atoms with Crippen LogP contribution in [0.4, 0.5) is 0 Å². The zero-order chi connectivity index (χ0) is 11.8. The molecule has 0 atom stereocenters. The Bertz CT molecular complexity index is 666. The van der Waals surface area contributed by atoms with Crippen LogP contribution in [0, 0.1) is 6.92 Å². The Morgan fingerprint density at radius 3 is 2.82 bits per heavy atom. The predicted octanol–water partition coefficient (Wildman–Crippen LogP) is 4.82. The highest BCUT2D eigenvalue weighted by Crippen LogP contribution is 2.25. The molecule has 0 saturated heterocycles. The second kappa shape index (κ2) is 4.31. The molecular formula is C14H12BrNS. The average Bonchev–Trinajstić information content (AvgIpc) is 2.88. The fourth-order valence-electron chi connectivity index (χ4n) is 2.12. The molecule has 86 valence electrons. The monoisotopic (exact) mass is 305 g/mol. The number of aromatic nitrogens is 1. The van der Waals surface area contributed by atoms with E-state index in [0.29, 0.717) is 0 Å². The van der Waals surface area contributed by atoms with Crippen molar-refractivity contribution in [1.82, 2.24) is 4.57 Å². The van der Waals surface area contributed by atoms with Crippen LogP contribution in [0.3, 0.4) is 0 Å². The lowest BCUT2D eigenvalue weighted by atomic mass is 10.1. The van der Waals surface area contributed by atoms with Gasteiger partial charge in [-0.1, -0.05) is 12.1 Å². The Morgan fingerprint density at radius 1 is 1.18 bits per heavy atom. The van der Waals surface area contributed by atoms with E-state index < -0.39 is 0 Å². The number of benzene rings is 1. The van der Waals surface area contributed by atoms with E-state index in [9.17, 15) is 0 Å². The normalized spacial score (nSPS) is 11.2. The summed E-state index contributed by atoms with van der Waals surface area (Å²) in [5.41, 5.74) is 2.66. The van der Waals surface area contributed by atoms with Gasteiger partial charge in [-0.3, -0.25) is 0 Å². The van der Waals surface area contributed by atoms with Crippen LogP contribution in [0.15, 0.2) is 46.4 Å². The molecule has 0 saturated carbocycles. The van der Waals surface area contributed by atoms with E-state index in [1.165, 1.54) is 25.1 Å². The van der Waals surface area contributed by atoms with E-state index in [1.807, 2.05) is 0 Å². The second-order valence-electron chi connectivity index (χ2n) is 4.16. The van der Waals surface area contributed by atoms with Crippen LogP contribution in [-0.2, 0) is 6.54 Å². The van der Waals surface area contributed by atoms with Crippen LogP contribution in [0.25, 0.3) is 10.9 Å². The van der Waals surface area contributed by atoms with Crippen LogP contribution in [0.2, 0.25) is 0 Å². The first-order valence-electron chi connectivity index (χ1n) is 5.53. The Kier molecular flexibility index (Phi) is 2.81. The highest BCUT2D eigenvalue weighted by Gasteiger charge is 2.04. The molecule has 2 heterocycles. The van der Waals surface area contributed by atoms with Crippen LogP contribution >= 0.6 is 27.3 Å². The van der Waals surface area contributed by atoms with Crippen molar-refractivity contribution in [3.05, 3.63) is 56.8 Å². The average molecular weight is 306 g/mol. The highest BCUT2D eigenvalue weighted by atomic mass is 79.9. The lowest BCUT2D eigenvalue weighted by Crippen LogP contribution is -1.95. The molecule has 0 radical (unpaired) electrons. The Morgan fingerprint density at radius 2 is 2.06 bits per heavy atom. The maximum atomic E-state index is 3.51. The van der Waals surface area contributed by atoms with Crippen molar-refractivity contribution < 1.29 is 0 Å². The first kappa shape index (κ1) is 11.1. The number of rotatable bonds is 2. The predicted molar refractivity (Wildman–Crippen MR) is 77.8 cm³/mol. The third-order valence-electron chi connectivity index (χ3n) is 2.99. The van der Waals surface area contributed by atoms with Crippen LogP contribution in [-0.4, -0.2) is 4.57 Å². The third-order valence-corrected chi connectivity index (χ3v) is 4.60. The minimum Gasteiger partial charge on any atom is -0.342 e. The van der Waals surface area contributed by atoms with Gasteiger partial charge in [0, 0.05) is 22.0 Å². The van der Waals surface area contributed by atoms with Gasteiger partial charge in [-0.05, 0) is 52.7 Å². The number of hydrogen-bond acceptors (Lipinski definition) is 1. The Hall–Kier alpha value is -1.06. The number of nitrogens with zero attached hydrogens (tertiary/aromatic N) is 1. The lowest BCUT2D eigenvalue weighted by molar-refractivity contribution is 0.851. The molecular weight excluding hydrogens is 294 g/mol. The second-order valence-corrected chi connectivity index (χ2v) is 6.70. The van der Waals surface area contributed by atoms with Crippen LogP contribution in [0.5, 0.6) is 0 Å². The van der Waals surface area contributed by atoms with Crippen molar-refractivity contribution in [3.8, 4) is 0 Å². The number of halogens is 1. The maximum absolute atomic E-state index is 3.51. The molecule has 0 aliphatic rings. The molecule has 3 aromatic rings. The van der Waals surface area contributed by atoms with E-state index in [4.69, 9.17) is 0 Å². The van der Waals surface area contributed by atoms with Gasteiger partial charge >= 0.3 is 0 Å². The van der Waals surface area contributed by atoms with Gasteiger partial charge < -0.3 is 4.57 Å². The maximum Gasteiger partial charge on any atom is 0.0702 e. The SMILES string of the molecule is Cc1cccc2c1ccn2Cc1ccc(Br)s1. The van der Waals surface area contributed by atoms with Crippen molar-refractivity contribution in [2.24, 2.45) is 0 Å².